The van der Waals surface area contributed by atoms with Gasteiger partial charge in [0.2, 0.25) is 0 Å². The summed E-state index contributed by atoms with van der Waals surface area (Å²) in [6, 6.07) is 0. The zero-order valence-electron chi connectivity index (χ0n) is 8.82. The van der Waals surface area contributed by atoms with Gasteiger partial charge in [-0.15, -0.1) is 0 Å². The molecule has 0 atom stereocenters. The van der Waals surface area contributed by atoms with Crippen LogP contribution in [0.5, 0.6) is 0 Å². The van der Waals surface area contributed by atoms with Crippen LogP contribution in [0.2, 0.25) is 13.3 Å². The average Bonchev–Trinajstić information content (AvgIpc) is 1.90. The summed E-state index contributed by atoms with van der Waals surface area (Å²) in [6.45, 7) is 7.03. The molecule has 0 aliphatic heterocycles. The summed E-state index contributed by atoms with van der Waals surface area (Å²) < 4.78 is 4.97. The summed E-state index contributed by atoms with van der Waals surface area (Å²) in [5, 5.41) is 0. The van der Waals surface area contributed by atoms with E-state index < -0.39 is 19.8 Å². The van der Waals surface area contributed by atoms with Gasteiger partial charge < -0.3 is 1.43 Å². The molecule has 0 aliphatic rings. The largest absolute Gasteiger partial charge is 1.00 e. The molecule has 0 aromatic rings. The molecule has 0 spiro atoms. The minimum atomic E-state index is -0.880. The van der Waals surface area contributed by atoms with Crippen molar-refractivity contribution in [3.05, 3.63) is 0 Å². The van der Waals surface area contributed by atoms with E-state index in [0.717, 1.165) is 0 Å². The maximum atomic E-state index is 2.34. The molecule has 0 aromatic carbocycles. The van der Waals surface area contributed by atoms with Gasteiger partial charge in [0.1, 0.15) is 0 Å². The molecule has 10 heavy (non-hydrogen) atoms. The van der Waals surface area contributed by atoms with Crippen LogP contribution in [0, 0.1) is 0 Å². The van der Waals surface area contributed by atoms with E-state index in [9.17, 15) is 0 Å². The average molecular weight is 250 g/mol. The molecule has 0 saturated carbocycles. The molecule has 0 unspecified atom stereocenters. The van der Waals surface area contributed by atoms with Crippen molar-refractivity contribution >= 4 is 19.8 Å². The fraction of sp³-hybridized carbons (Fsp3) is 1.00. The van der Waals surface area contributed by atoms with E-state index in [1.54, 1.807) is 13.3 Å². The summed E-state index contributed by atoms with van der Waals surface area (Å²) >= 11 is -0.880. The molecular weight excluding hydrogens is 227 g/mol. The monoisotopic (exact) mass is 251 g/mol. The van der Waals surface area contributed by atoms with Crippen LogP contribution in [0.1, 0.15) is 41.5 Å². The first-order chi connectivity index (χ1) is 4.85. The Morgan fingerprint density at radius 1 is 0.800 bits per heavy atom. The Kier molecular flexibility index (Phi) is 8.53. The molecule has 0 heterocycles. The van der Waals surface area contributed by atoms with Crippen molar-refractivity contribution in [1.82, 2.24) is 0 Å². The molecule has 0 N–H and O–H groups in total. The second-order valence-corrected chi connectivity index (χ2v) is 13.1. The summed E-state index contributed by atoms with van der Waals surface area (Å²) in [6.07, 6.45) is 4.38. The molecule has 0 radical (unpaired) electrons. The Morgan fingerprint density at radius 3 is 1.30 bits per heavy atom. The summed E-state index contributed by atoms with van der Waals surface area (Å²) in [5.74, 6) is 0. The Morgan fingerprint density at radius 2 is 1.10 bits per heavy atom. The Bertz CT molecular complexity index is 52.3. The van der Waals surface area contributed by atoms with Gasteiger partial charge >= 0.3 is 73.1 Å². The van der Waals surface area contributed by atoms with Crippen molar-refractivity contribution in [2.45, 2.75) is 53.3 Å². The molecule has 1 heteroatoms. The van der Waals surface area contributed by atoms with Gasteiger partial charge in [-0.25, -0.2) is 0 Å². The van der Waals surface area contributed by atoms with Gasteiger partial charge in [-0.2, -0.15) is 0 Å². The third-order valence-corrected chi connectivity index (χ3v) is 14.0. The third kappa shape index (κ3) is 5.57. The van der Waals surface area contributed by atoms with Gasteiger partial charge in [-0.3, -0.25) is 0 Å². The van der Waals surface area contributed by atoms with Crippen LogP contribution in [-0.4, -0.2) is 19.8 Å². The number of rotatable bonds is 6. The van der Waals surface area contributed by atoms with Gasteiger partial charge in [0.15, 0.2) is 0 Å². The molecule has 0 saturated heterocycles. The predicted molar refractivity (Wildman–Crippen MR) is 53.6 cm³/mol. The molecule has 0 aliphatic carbocycles. The zero-order chi connectivity index (χ0) is 7.82. The summed E-state index contributed by atoms with van der Waals surface area (Å²) in [5.41, 5.74) is 0. The molecule has 0 aromatic heterocycles. The van der Waals surface area contributed by atoms with Gasteiger partial charge in [0.25, 0.3) is 0 Å². The van der Waals surface area contributed by atoms with E-state index in [1.807, 2.05) is 0 Å². The quantitative estimate of drug-likeness (QED) is 0.632. The third-order valence-electron chi connectivity index (χ3n) is 2.09. The Hall–Kier alpha value is 0.799. The van der Waals surface area contributed by atoms with Crippen LogP contribution in [0.15, 0.2) is 0 Å². The predicted octanol–water partition coefficient (Wildman–Crippen LogP) is 3.56. The van der Waals surface area contributed by atoms with E-state index in [4.69, 9.17) is 0 Å². The van der Waals surface area contributed by atoms with E-state index in [0.29, 0.717) is 0 Å². The van der Waals surface area contributed by atoms with Crippen LogP contribution in [0.25, 0.3) is 0 Å². The smallest absolute Gasteiger partial charge is 1.00 e. The summed E-state index contributed by atoms with van der Waals surface area (Å²) in [7, 11) is 0. The fourth-order valence-corrected chi connectivity index (χ4v) is 11.1. The molecule has 64 valence electrons. The molecule has 0 bridgehead atoms. The zero-order valence-corrected chi connectivity index (χ0v) is 11.1. The number of hydrogen-bond donors (Lipinski definition) is 0. The van der Waals surface area contributed by atoms with Crippen molar-refractivity contribution in [3.8, 4) is 0 Å². The second-order valence-electron chi connectivity index (χ2n) is 3.23. The van der Waals surface area contributed by atoms with Crippen LogP contribution in [0.4, 0.5) is 0 Å². The minimum absolute atomic E-state index is 0. The maximum absolute atomic E-state index is 2.34. The maximum Gasteiger partial charge on any atom is -1.00 e. The van der Waals surface area contributed by atoms with Crippen LogP contribution in [-0.2, 0) is 0 Å². The number of hydrogen-bond acceptors (Lipinski definition) is 0. The van der Waals surface area contributed by atoms with Gasteiger partial charge in [0.05, 0.1) is 0 Å². The van der Waals surface area contributed by atoms with E-state index in [1.165, 1.54) is 19.3 Å². The van der Waals surface area contributed by atoms with Crippen molar-refractivity contribution < 1.29 is 1.43 Å². The standard InChI is InChI=1S/3C3H7.Sn.2H/c3*1-3-2;;;/h3*1,3H2,2H3;;;/q;;;;;-1. The van der Waals surface area contributed by atoms with Gasteiger partial charge in [-0.05, 0) is 0 Å². The molecule has 0 amide bonds. The molecule has 0 nitrogen and oxygen atoms in total. The van der Waals surface area contributed by atoms with Crippen molar-refractivity contribution in [2.75, 3.05) is 0 Å². The Labute approximate surface area is 74.6 Å². The first-order valence-corrected chi connectivity index (χ1v) is 11.8. The van der Waals surface area contributed by atoms with Crippen molar-refractivity contribution in [2.24, 2.45) is 0 Å². The molecule has 0 rings (SSSR count). The molecule has 0 fully saturated rings. The van der Waals surface area contributed by atoms with E-state index >= 15 is 0 Å². The fourth-order valence-electron chi connectivity index (χ4n) is 1.66. The minimum Gasteiger partial charge on any atom is -1.00 e. The summed E-state index contributed by atoms with van der Waals surface area (Å²) in [4.78, 5) is 0. The van der Waals surface area contributed by atoms with Gasteiger partial charge in [0, 0.05) is 0 Å². The normalized spacial score (nSPS) is 10.8. The Balaban J connectivity index is 0. The first kappa shape index (κ1) is 10.8. The second kappa shape index (κ2) is 7.90. The van der Waals surface area contributed by atoms with Crippen LogP contribution in [0.3, 0.4) is 0 Å². The SMILES string of the molecule is CC[CH2][SnH]([CH2]CC)[CH2]CC.[H-]. The van der Waals surface area contributed by atoms with Crippen molar-refractivity contribution in [1.29, 1.82) is 0 Å². The van der Waals surface area contributed by atoms with E-state index in [2.05, 4.69) is 20.8 Å². The van der Waals surface area contributed by atoms with Crippen LogP contribution >= 0.6 is 0 Å². The topological polar surface area (TPSA) is 0 Å². The van der Waals surface area contributed by atoms with Crippen LogP contribution < -0.4 is 0 Å². The first-order valence-electron chi connectivity index (χ1n) is 4.85. The van der Waals surface area contributed by atoms with Gasteiger partial charge in [-0.1, -0.05) is 0 Å². The van der Waals surface area contributed by atoms with Crippen molar-refractivity contribution in [3.63, 3.8) is 0 Å². The molecular formula is C9H23Sn-. The van der Waals surface area contributed by atoms with E-state index in [-0.39, 0.29) is 1.43 Å².